The van der Waals surface area contributed by atoms with Gasteiger partial charge in [-0.05, 0) is 18.2 Å². The molecule has 0 atom stereocenters. The van der Waals surface area contributed by atoms with Crippen LogP contribution in [-0.2, 0) is 23.8 Å². The number of methoxy groups -OCH3 is 1. The van der Waals surface area contributed by atoms with Gasteiger partial charge in [0.05, 0.1) is 18.4 Å². The van der Waals surface area contributed by atoms with Crippen molar-refractivity contribution in [3.63, 3.8) is 0 Å². The maximum atomic E-state index is 11.8. The van der Waals surface area contributed by atoms with Crippen molar-refractivity contribution in [2.75, 3.05) is 12.4 Å². The normalized spacial score (nSPS) is 16.2. The Balaban J connectivity index is 2.18. The van der Waals surface area contributed by atoms with Crippen LogP contribution in [0, 0.1) is 0 Å². The van der Waals surface area contributed by atoms with Crippen LogP contribution < -0.4 is 5.32 Å². The van der Waals surface area contributed by atoms with Gasteiger partial charge in [-0.1, -0.05) is 0 Å². The molecule has 0 aliphatic carbocycles. The van der Waals surface area contributed by atoms with Crippen molar-refractivity contribution in [2.24, 2.45) is 0 Å². The van der Waals surface area contributed by atoms with Crippen molar-refractivity contribution in [1.29, 1.82) is 0 Å². The van der Waals surface area contributed by atoms with Gasteiger partial charge < -0.3 is 24.6 Å². The van der Waals surface area contributed by atoms with Crippen molar-refractivity contribution in [3.05, 3.63) is 35.5 Å². The first-order valence-electron chi connectivity index (χ1n) is 6.58. The summed E-state index contributed by atoms with van der Waals surface area (Å²) in [5, 5.41) is 12.4. The number of rotatable bonds is 3. The van der Waals surface area contributed by atoms with Crippen LogP contribution in [0.3, 0.4) is 0 Å². The number of hydrogen-bond acceptors (Lipinski definition) is 8. The molecule has 1 saturated heterocycles. The Morgan fingerprint density at radius 2 is 1.87 bits per heavy atom. The van der Waals surface area contributed by atoms with Gasteiger partial charge >= 0.3 is 17.9 Å². The number of phenols is 1. The molecule has 8 nitrogen and oxygen atoms in total. The summed E-state index contributed by atoms with van der Waals surface area (Å²) in [4.78, 5) is 34.8. The molecule has 0 bridgehead atoms. The first-order valence-corrected chi connectivity index (χ1v) is 6.58. The lowest BCUT2D eigenvalue weighted by Crippen LogP contribution is -2.42. The van der Waals surface area contributed by atoms with Crippen LogP contribution in [0.5, 0.6) is 5.75 Å². The number of nitrogens with one attached hydrogen (secondary N) is 1. The molecule has 1 aliphatic rings. The van der Waals surface area contributed by atoms with Gasteiger partial charge in [-0.2, -0.15) is 0 Å². The summed E-state index contributed by atoms with van der Waals surface area (Å²) in [7, 11) is 1.22. The molecule has 0 unspecified atom stereocenters. The number of ether oxygens (including phenoxy) is 3. The maximum Gasteiger partial charge on any atom is 0.350 e. The molecule has 1 fully saturated rings. The van der Waals surface area contributed by atoms with E-state index in [0.29, 0.717) is 0 Å². The van der Waals surface area contributed by atoms with E-state index in [-0.39, 0.29) is 22.6 Å². The topological polar surface area (TPSA) is 111 Å². The van der Waals surface area contributed by atoms with E-state index in [1.807, 2.05) is 0 Å². The van der Waals surface area contributed by atoms with Gasteiger partial charge in [-0.3, -0.25) is 0 Å². The lowest BCUT2D eigenvalue weighted by atomic mass is 10.2. The number of cyclic esters (lactones) is 2. The number of anilines is 1. The smallest absolute Gasteiger partial charge is 0.350 e. The van der Waals surface area contributed by atoms with E-state index >= 15 is 0 Å². The number of carbonyl (C=O) groups is 3. The fraction of sp³-hybridized carbons (Fsp3) is 0.267. The predicted molar refractivity (Wildman–Crippen MR) is 77.4 cm³/mol. The molecule has 0 radical (unpaired) electrons. The predicted octanol–water partition coefficient (Wildman–Crippen LogP) is 1.31. The zero-order valence-corrected chi connectivity index (χ0v) is 12.7. The summed E-state index contributed by atoms with van der Waals surface area (Å²) in [6, 6.07) is 3.99. The second-order valence-electron chi connectivity index (χ2n) is 5.10. The molecule has 0 amide bonds. The van der Waals surface area contributed by atoms with E-state index in [1.54, 1.807) is 0 Å². The molecule has 2 rings (SSSR count). The molecule has 0 spiro atoms. The Bertz CT molecular complexity index is 684. The van der Waals surface area contributed by atoms with E-state index in [2.05, 4.69) is 10.1 Å². The first-order chi connectivity index (χ1) is 10.7. The lowest BCUT2D eigenvalue weighted by molar-refractivity contribution is -0.222. The highest BCUT2D eigenvalue weighted by Gasteiger charge is 2.38. The number of benzene rings is 1. The molecule has 1 heterocycles. The first kappa shape index (κ1) is 16.3. The Kier molecular flexibility index (Phi) is 4.26. The van der Waals surface area contributed by atoms with Crippen molar-refractivity contribution in [1.82, 2.24) is 0 Å². The van der Waals surface area contributed by atoms with Crippen molar-refractivity contribution in [3.8, 4) is 5.75 Å². The zero-order chi connectivity index (χ0) is 17.2. The van der Waals surface area contributed by atoms with E-state index in [1.165, 1.54) is 39.2 Å². The van der Waals surface area contributed by atoms with Crippen molar-refractivity contribution in [2.45, 2.75) is 19.6 Å². The standard InChI is InChI=1S/C15H15NO7/c1-15(2)22-13(19)9(14(20)23-15)7-16-10-5-4-8(6-11(10)17)12(18)21-3/h4-7,16-17H,1-3H3. The number of esters is 3. The summed E-state index contributed by atoms with van der Waals surface area (Å²) in [6.45, 7) is 2.87. The number of carbonyl (C=O) groups excluding carboxylic acids is 3. The zero-order valence-electron chi connectivity index (χ0n) is 12.7. The molecule has 0 saturated carbocycles. The molecule has 2 N–H and O–H groups in total. The Morgan fingerprint density at radius 1 is 1.26 bits per heavy atom. The van der Waals surface area contributed by atoms with Gasteiger partial charge in [0.15, 0.2) is 5.57 Å². The third-order valence-corrected chi connectivity index (χ3v) is 2.91. The molecule has 1 aromatic rings. The van der Waals surface area contributed by atoms with E-state index in [4.69, 9.17) is 9.47 Å². The second kappa shape index (κ2) is 5.99. The average molecular weight is 321 g/mol. The minimum absolute atomic E-state index is 0.154. The lowest BCUT2D eigenvalue weighted by Gasteiger charge is -2.29. The summed E-state index contributed by atoms with van der Waals surface area (Å²) in [6.07, 6.45) is 1.06. The number of hydrogen-bond donors (Lipinski definition) is 2. The molecular formula is C15H15NO7. The van der Waals surface area contributed by atoms with Crippen LogP contribution in [0.25, 0.3) is 0 Å². The molecule has 1 aromatic carbocycles. The summed E-state index contributed by atoms with van der Waals surface area (Å²) < 4.78 is 14.4. The average Bonchev–Trinajstić information content (AvgIpc) is 2.45. The van der Waals surface area contributed by atoms with Gasteiger partial charge in [0.25, 0.3) is 5.79 Å². The highest BCUT2D eigenvalue weighted by atomic mass is 16.7. The van der Waals surface area contributed by atoms with Crippen molar-refractivity contribution >= 4 is 23.6 Å². The summed E-state index contributed by atoms with van der Waals surface area (Å²) >= 11 is 0. The second-order valence-corrected chi connectivity index (χ2v) is 5.10. The van der Waals surface area contributed by atoms with Gasteiger partial charge in [0, 0.05) is 20.0 Å². The highest BCUT2D eigenvalue weighted by molar-refractivity contribution is 6.15. The van der Waals surface area contributed by atoms with Gasteiger partial charge in [-0.15, -0.1) is 0 Å². The Labute approximate surface area is 131 Å². The van der Waals surface area contributed by atoms with Crippen molar-refractivity contribution < 1.29 is 33.7 Å². The fourth-order valence-electron chi connectivity index (χ4n) is 1.83. The third-order valence-electron chi connectivity index (χ3n) is 2.91. The van der Waals surface area contributed by atoms with Gasteiger partial charge in [-0.25, -0.2) is 14.4 Å². The fourth-order valence-corrected chi connectivity index (χ4v) is 1.83. The Hall–Kier alpha value is -3.03. The van der Waals surface area contributed by atoms with Gasteiger partial charge in [0.1, 0.15) is 5.75 Å². The largest absolute Gasteiger partial charge is 0.506 e. The molecule has 0 aromatic heterocycles. The maximum absolute atomic E-state index is 11.8. The van der Waals surface area contributed by atoms with E-state index in [0.717, 1.165) is 6.20 Å². The minimum atomic E-state index is -1.32. The molecule has 23 heavy (non-hydrogen) atoms. The monoisotopic (exact) mass is 321 g/mol. The summed E-state index contributed by atoms with van der Waals surface area (Å²) in [5.74, 6) is -3.88. The molecular weight excluding hydrogens is 306 g/mol. The number of aromatic hydroxyl groups is 1. The SMILES string of the molecule is COC(=O)c1ccc(NC=C2C(=O)OC(C)(C)OC2=O)c(O)c1. The number of phenolic OH excluding ortho intramolecular Hbond substituents is 1. The van der Waals surface area contributed by atoms with Crippen LogP contribution in [-0.4, -0.2) is 35.9 Å². The van der Waals surface area contributed by atoms with Crippen LogP contribution in [0.1, 0.15) is 24.2 Å². The molecule has 8 heteroatoms. The minimum Gasteiger partial charge on any atom is -0.506 e. The molecule has 1 aliphatic heterocycles. The van der Waals surface area contributed by atoms with Crippen LogP contribution in [0.15, 0.2) is 30.0 Å². The van der Waals surface area contributed by atoms with Gasteiger partial charge in [0.2, 0.25) is 0 Å². The van der Waals surface area contributed by atoms with Crippen LogP contribution in [0.4, 0.5) is 5.69 Å². The van der Waals surface area contributed by atoms with E-state index < -0.39 is 23.7 Å². The van der Waals surface area contributed by atoms with Crippen LogP contribution in [0.2, 0.25) is 0 Å². The quantitative estimate of drug-likeness (QED) is 0.371. The summed E-state index contributed by atoms with van der Waals surface area (Å²) in [5.41, 5.74) is -0.0159. The Morgan fingerprint density at radius 3 is 2.39 bits per heavy atom. The molecule has 122 valence electrons. The van der Waals surface area contributed by atoms with Crippen LogP contribution >= 0.6 is 0 Å². The highest BCUT2D eigenvalue weighted by Crippen LogP contribution is 2.26. The third kappa shape index (κ3) is 3.60. The van der Waals surface area contributed by atoms with E-state index in [9.17, 15) is 19.5 Å².